The number of hydrogen-bond donors (Lipinski definition) is 0. The first-order valence-corrected chi connectivity index (χ1v) is 7.14. The maximum Gasteiger partial charge on any atom is 0.0962 e. The number of quaternary nitrogens is 1. The van der Waals surface area contributed by atoms with Crippen molar-refractivity contribution in [2.75, 3.05) is 14.1 Å². The molecule has 0 saturated carbocycles. The molecule has 1 heteroatoms. The Morgan fingerprint density at radius 3 is 2.39 bits per heavy atom. The normalized spacial score (nSPS) is 14.0. The van der Waals surface area contributed by atoms with Gasteiger partial charge in [-0.05, 0) is 31.4 Å². The van der Waals surface area contributed by atoms with Gasteiger partial charge in [-0.15, -0.1) is 0 Å². The molecule has 1 atom stereocenters. The molecule has 0 aromatic heterocycles. The van der Waals surface area contributed by atoms with Crippen LogP contribution in [0.4, 0.5) is 0 Å². The summed E-state index contributed by atoms with van der Waals surface area (Å²) in [6, 6.07) is 11.2. The van der Waals surface area contributed by atoms with E-state index in [9.17, 15) is 0 Å². The Labute approximate surface area is 113 Å². The zero-order valence-electron chi connectivity index (χ0n) is 12.4. The Bertz CT molecular complexity index is 351. The lowest BCUT2D eigenvalue weighted by Crippen LogP contribution is -2.42. The summed E-state index contributed by atoms with van der Waals surface area (Å²) in [4.78, 5) is 0. The summed E-state index contributed by atoms with van der Waals surface area (Å²) >= 11 is 0. The highest BCUT2D eigenvalue weighted by Crippen LogP contribution is 2.16. The van der Waals surface area contributed by atoms with Crippen LogP contribution in [0, 0.1) is 0 Å². The second kappa shape index (κ2) is 7.38. The highest BCUT2D eigenvalue weighted by atomic mass is 15.3. The smallest absolute Gasteiger partial charge is 0.0962 e. The molecule has 1 rings (SSSR count). The predicted octanol–water partition coefficient (Wildman–Crippen LogP) is 4.70. The third-order valence-corrected chi connectivity index (χ3v) is 3.81. The SMILES string of the molecule is CCCCCC(C)[N+](C)(C)C=Cc1ccccc1. The molecule has 0 amide bonds. The van der Waals surface area contributed by atoms with Crippen LogP contribution in [0.25, 0.3) is 6.08 Å². The van der Waals surface area contributed by atoms with Crippen LogP contribution in [-0.2, 0) is 0 Å². The topological polar surface area (TPSA) is 0 Å². The van der Waals surface area contributed by atoms with Gasteiger partial charge in [0.25, 0.3) is 0 Å². The van der Waals surface area contributed by atoms with Crippen molar-refractivity contribution < 1.29 is 4.48 Å². The van der Waals surface area contributed by atoms with Crippen molar-refractivity contribution >= 4 is 6.08 Å². The van der Waals surface area contributed by atoms with Crippen LogP contribution in [0.3, 0.4) is 0 Å². The third kappa shape index (κ3) is 5.05. The molecule has 0 heterocycles. The van der Waals surface area contributed by atoms with Crippen LogP contribution in [0.1, 0.15) is 45.1 Å². The van der Waals surface area contributed by atoms with Crippen LogP contribution < -0.4 is 0 Å². The van der Waals surface area contributed by atoms with Gasteiger partial charge in [0.1, 0.15) is 0 Å². The fourth-order valence-electron chi connectivity index (χ4n) is 2.01. The molecule has 0 N–H and O–H groups in total. The van der Waals surface area contributed by atoms with Crippen LogP contribution >= 0.6 is 0 Å². The molecular weight excluding hydrogens is 218 g/mol. The zero-order valence-corrected chi connectivity index (χ0v) is 12.4. The van der Waals surface area contributed by atoms with E-state index in [1.807, 2.05) is 0 Å². The van der Waals surface area contributed by atoms with Crippen LogP contribution in [-0.4, -0.2) is 24.6 Å². The molecule has 0 saturated heterocycles. The van der Waals surface area contributed by atoms with Gasteiger partial charge < -0.3 is 0 Å². The van der Waals surface area contributed by atoms with E-state index in [1.54, 1.807) is 0 Å². The Morgan fingerprint density at radius 2 is 1.78 bits per heavy atom. The monoisotopic (exact) mass is 246 g/mol. The standard InChI is InChI=1S/C17H28N/c1-5-6-8-11-16(2)18(3,4)15-14-17-12-9-7-10-13-17/h7,9-10,12-16H,5-6,8,11H2,1-4H3/q+1. The van der Waals surface area contributed by atoms with Gasteiger partial charge in [-0.2, -0.15) is 0 Å². The molecule has 0 aliphatic rings. The van der Waals surface area contributed by atoms with Gasteiger partial charge in [0.05, 0.1) is 26.3 Å². The van der Waals surface area contributed by atoms with Gasteiger partial charge >= 0.3 is 0 Å². The maximum absolute atomic E-state index is 2.35. The molecule has 1 aromatic rings. The minimum atomic E-state index is 0.677. The lowest BCUT2D eigenvalue weighted by atomic mass is 10.1. The second-order valence-corrected chi connectivity index (χ2v) is 5.70. The minimum absolute atomic E-state index is 0.677. The van der Waals surface area contributed by atoms with Crippen molar-refractivity contribution in [3.05, 3.63) is 42.1 Å². The first-order chi connectivity index (χ1) is 8.56. The molecule has 1 nitrogen and oxygen atoms in total. The molecule has 0 fully saturated rings. The zero-order chi connectivity index (χ0) is 13.4. The fourth-order valence-corrected chi connectivity index (χ4v) is 2.01. The quantitative estimate of drug-likeness (QED) is 0.483. The molecule has 0 aliphatic carbocycles. The van der Waals surface area contributed by atoms with Gasteiger partial charge in [0, 0.05) is 0 Å². The van der Waals surface area contributed by atoms with E-state index in [1.165, 1.54) is 31.2 Å². The Kier molecular flexibility index (Phi) is 6.14. The number of hydrogen-bond acceptors (Lipinski definition) is 0. The average molecular weight is 246 g/mol. The Morgan fingerprint density at radius 1 is 1.11 bits per heavy atom. The van der Waals surface area contributed by atoms with Crippen LogP contribution in [0.2, 0.25) is 0 Å². The van der Waals surface area contributed by atoms with E-state index in [4.69, 9.17) is 0 Å². The highest BCUT2D eigenvalue weighted by molar-refractivity contribution is 5.47. The van der Waals surface area contributed by atoms with E-state index in [2.05, 4.69) is 70.6 Å². The van der Waals surface area contributed by atoms with Crippen molar-refractivity contribution in [3.63, 3.8) is 0 Å². The fraction of sp³-hybridized carbons (Fsp3) is 0.529. The minimum Gasteiger partial charge on any atom is -0.300 e. The predicted molar refractivity (Wildman–Crippen MR) is 81.2 cm³/mol. The first kappa shape index (κ1) is 15.0. The third-order valence-electron chi connectivity index (χ3n) is 3.81. The van der Waals surface area contributed by atoms with E-state index in [0.29, 0.717) is 6.04 Å². The van der Waals surface area contributed by atoms with Crippen molar-refractivity contribution in [3.8, 4) is 0 Å². The summed E-state index contributed by atoms with van der Waals surface area (Å²) in [6.45, 7) is 4.62. The van der Waals surface area contributed by atoms with E-state index in [-0.39, 0.29) is 0 Å². The highest BCUT2D eigenvalue weighted by Gasteiger charge is 2.20. The van der Waals surface area contributed by atoms with Crippen molar-refractivity contribution in [2.45, 2.75) is 45.6 Å². The molecule has 0 aliphatic heterocycles. The second-order valence-electron chi connectivity index (χ2n) is 5.70. The van der Waals surface area contributed by atoms with Crippen molar-refractivity contribution in [1.29, 1.82) is 0 Å². The van der Waals surface area contributed by atoms with Crippen LogP contribution in [0.15, 0.2) is 36.5 Å². The molecule has 0 spiro atoms. The lowest BCUT2D eigenvalue weighted by molar-refractivity contribution is -0.863. The largest absolute Gasteiger partial charge is 0.300 e. The molecule has 0 bridgehead atoms. The number of rotatable bonds is 7. The first-order valence-electron chi connectivity index (χ1n) is 7.14. The summed E-state index contributed by atoms with van der Waals surface area (Å²) in [6.07, 6.45) is 9.85. The maximum atomic E-state index is 2.35. The van der Waals surface area contributed by atoms with Gasteiger partial charge in [0.2, 0.25) is 0 Å². The lowest BCUT2D eigenvalue weighted by Gasteiger charge is -2.32. The molecule has 1 unspecified atom stereocenters. The number of benzene rings is 1. The summed E-state index contributed by atoms with van der Waals surface area (Å²) in [5.74, 6) is 0. The van der Waals surface area contributed by atoms with E-state index >= 15 is 0 Å². The molecular formula is C17H28N+. The van der Waals surface area contributed by atoms with Gasteiger partial charge in [0.15, 0.2) is 0 Å². The van der Waals surface area contributed by atoms with Crippen molar-refractivity contribution in [1.82, 2.24) is 0 Å². The summed E-state index contributed by atoms with van der Waals surface area (Å²) in [5.41, 5.74) is 1.28. The Balaban J connectivity index is 2.55. The Hall–Kier alpha value is -1.08. The van der Waals surface area contributed by atoms with E-state index < -0.39 is 0 Å². The molecule has 0 radical (unpaired) electrons. The van der Waals surface area contributed by atoms with E-state index in [0.717, 1.165) is 4.48 Å². The van der Waals surface area contributed by atoms with Crippen molar-refractivity contribution in [2.24, 2.45) is 0 Å². The average Bonchev–Trinajstić information content (AvgIpc) is 2.38. The number of nitrogens with zero attached hydrogens (tertiary/aromatic N) is 1. The summed E-state index contributed by atoms with van der Waals surface area (Å²) < 4.78 is 0.957. The summed E-state index contributed by atoms with van der Waals surface area (Å²) in [5, 5.41) is 0. The molecule has 18 heavy (non-hydrogen) atoms. The molecule has 1 aromatic carbocycles. The van der Waals surface area contributed by atoms with Gasteiger partial charge in [-0.1, -0.05) is 50.1 Å². The molecule has 100 valence electrons. The van der Waals surface area contributed by atoms with Gasteiger partial charge in [-0.25, -0.2) is 0 Å². The summed E-state index contributed by atoms with van der Waals surface area (Å²) in [7, 11) is 4.58. The van der Waals surface area contributed by atoms with Crippen LogP contribution in [0.5, 0.6) is 0 Å². The number of unbranched alkanes of at least 4 members (excludes halogenated alkanes) is 2. The van der Waals surface area contributed by atoms with Gasteiger partial charge in [-0.3, -0.25) is 4.48 Å².